The molecule has 0 unspecified atom stereocenters. The van der Waals surface area contributed by atoms with E-state index in [4.69, 9.17) is 11.6 Å². The van der Waals surface area contributed by atoms with E-state index in [1.807, 2.05) is 32.0 Å². The van der Waals surface area contributed by atoms with Gasteiger partial charge in [-0.05, 0) is 43.2 Å². The maximum absolute atomic E-state index is 12.4. The Kier molecular flexibility index (Phi) is 5.94. The van der Waals surface area contributed by atoms with Crippen LogP contribution in [0.3, 0.4) is 0 Å². The summed E-state index contributed by atoms with van der Waals surface area (Å²) in [6.45, 7) is 3.59. The first-order valence-electron chi connectivity index (χ1n) is 7.75. The molecule has 26 heavy (non-hydrogen) atoms. The largest absolute Gasteiger partial charge is 0.332 e. The number of anilines is 1. The van der Waals surface area contributed by atoms with Gasteiger partial charge in [-0.25, -0.2) is 0 Å². The van der Waals surface area contributed by atoms with Crippen molar-refractivity contribution in [2.45, 2.75) is 13.8 Å². The molecule has 0 saturated heterocycles. The van der Waals surface area contributed by atoms with Gasteiger partial charge < -0.3 is 10.2 Å². The molecule has 136 valence electrons. The molecule has 2 aromatic rings. The molecule has 0 aromatic heterocycles. The zero-order chi connectivity index (χ0) is 19.4. The summed E-state index contributed by atoms with van der Waals surface area (Å²) >= 11 is 5.75. The first-order valence-corrected chi connectivity index (χ1v) is 8.13. The minimum Gasteiger partial charge on any atom is -0.332 e. The zero-order valence-electron chi connectivity index (χ0n) is 14.6. The molecule has 0 aliphatic heterocycles. The van der Waals surface area contributed by atoms with E-state index in [1.165, 1.54) is 24.1 Å². The highest BCUT2D eigenvalue weighted by molar-refractivity contribution is 6.32. The molecule has 0 radical (unpaired) electrons. The van der Waals surface area contributed by atoms with Crippen molar-refractivity contribution in [3.63, 3.8) is 0 Å². The second kappa shape index (κ2) is 7.97. The number of rotatable bonds is 5. The molecule has 8 heteroatoms. The molecule has 2 amide bonds. The van der Waals surface area contributed by atoms with E-state index in [-0.39, 0.29) is 28.7 Å². The number of hydrogen-bond donors (Lipinski definition) is 1. The van der Waals surface area contributed by atoms with Crippen LogP contribution < -0.4 is 5.32 Å². The van der Waals surface area contributed by atoms with E-state index in [2.05, 4.69) is 5.32 Å². The van der Waals surface area contributed by atoms with Crippen LogP contribution in [0, 0.1) is 24.0 Å². The van der Waals surface area contributed by atoms with Crippen LogP contribution in [0.2, 0.25) is 5.02 Å². The molecular weight excluding hydrogens is 358 g/mol. The van der Waals surface area contributed by atoms with E-state index in [0.717, 1.165) is 17.2 Å². The third-order valence-electron chi connectivity index (χ3n) is 3.78. The number of benzene rings is 2. The first-order chi connectivity index (χ1) is 12.2. The Morgan fingerprint density at radius 3 is 2.54 bits per heavy atom. The SMILES string of the molecule is Cc1ccc(C)c(NC(=O)CN(C)C(=O)c2ccc(Cl)c([N+](=O)[O-])c2)c1. The van der Waals surface area contributed by atoms with E-state index in [0.29, 0.717) is 5.69 Å². The van der Waals surface area contributed by atoms with E-state index in [9.17, 15) is 19.7 Å². The summed E-state index contributed by atoms with van der Waals surface area (Å²) in [4.78, 5) is 36.1. The summed E-state index contributed by atoms with van der Waals surface area (Å²) in [6, 6.07) is 9.45. The molecule has 0 heterocycles. The molecule has 1 N–H and O–H groups in total. The molecule has 0 bridgehead atoms. The first kappa shape index (κ1) is 19.4. The van der Waals surface area contributed by atoms with Crippen LogP contribution in [0.15, 0.2) is 36.4 Å². The smallest absolute Gasteiger partial charge is 0.288 e. The van der Waals surface area contributed by atoms with Crippen LogP contribution in [-0.2, 0) is 4.79 Å². The number of carbonyl (C=O) groups is 2. The van der Waals surface area contributed by atoms with Gasteiger partial charge in [-0.2, -0.15) is 0 Å². The van der Waals surface area contributed by atoms with Crippen LogP contribution in [0.4, 0.5) is 11.4 Å². The Labute approximate surface area is 155 Å². The lowest BCUT2D eigenvalue weighted by Crippen LogP contribution is -2.35. The fraction of sp³-hybridized carbons (Fsp3) is 0.222. The normalized spacial score (nSPS) is 10.3. The van der Waals surface area contributed by atoms with Gasteiger partial charge in [-0.1, -0.05) is 23.7 Å². The quantitative estimate of drug-likeness (QED) is 0.638. The number of likely N-dealkylation sites (N-methyl/N-ethyl adjacent to an activating group) is 1. The zero-order valence-corrected chi connectivity index (χ0v) is 15.3. The van der Waals surface area contributed by atoms with Gasteiger partial charge in [0.2, 0.25) is 5.91 Å². The van der Waals surface area contributed by atoms with Crippen molar-refractivity contribution in [2.75, 3.05) is 18.9 Å². The summed E-state index contributed by atoms with van der Waals surface area (Å²) in [5, 5.41) is 13.6. The number of nitro benzene ring substituents is 1. The van der Waals surface area contributed by atoms with E-state index < -0.39 is 10.8 Å². The lowest BCUT2D eigenvalue weighted by molar-refractivity contribution is -0.384. The summed E-state index contributed by atoms with van der Waals surface area (Å²) in [5.74, 6) is -0.876. The lowest BCUT2D eigenvalue weighted by Gasteiger charge is -2.17. The predicted octanol–water partition coefficient (Wildman–Crippen LogP) is 3.58. The van der Waals surface area contributed by atoms with Gasteiger partial charge in [0, 0.05) is 24.4 Å². The number of nitrogens with one attached hydrogen (secondary N) is 1. The second-order valence-corrected chi connectivity index (χ2v) is 6.36. The highest BCUT2D eigenvalue weighted by Crippen LogP contribution is 2.25. The monoisotopic (exact) mass is 375 g/mol. The average Bonchev–Trinajstić information content (AvgIpc) is 2.57. The topological polar surface area (TPSA) is 92.6 Å². The van der Waals surface area contributed by atoms with Gasteiger partial charge >= 0.3 is 0 Å². The molecule has 0 aliphatic carbocycles. The van der Waals surface area contributed by atoms with Gasteiger partial charge in [-0.3, -0.25) is 19.7 Å². The van der Waals surface area contributed by atoms with Crippen molar-refractivity contribution in [3.8, 4) is 0 Å². The summed E-state index contributed by atoms with van der Waals surface area (Å²) < 4.78 is 0. The maximum Gasteiger partial charge on any atom is 0.288 e. The van der Waals surface area contributed by atoms with Crippen molar-refractivity contribution < 1.29 is 14.5 Å². The lowest BCUT2D eigenvalue weighted by atomic mass is 10.1. The van der Waals surface area contributed by atoms with E-state index >= 15 is 0 Å². The summed E-state index contributed by atoms with van der Waals surface area (Å²) in [7, 11) is 1.45. The van der Waals surface area contributed by atoms with Crippen molar-refractivity contribution in [3.05, 3.63) is 68.2 Å². The standard InChI is InChI=1S/C18H18ClN3O4/c1-11-4-5-12(2)15(8-11)20-17(23)10-21(3)18(24)13-6-7-14(19)16(9-13)22(25)26/h4-9H,10H2,1-3H3,(H,20,23). The van der Waals surface area contributed by atoms with Crippen molar-refractivity contribution in [1.29, 1.82) is 0 Å². The van der Waals surface area contributed by atoms with Gasteiger partial charge in [0.15, 0.2) is 0 Å². The molecule has 7 nitrogen and oxygen atoms in total. The third-order valence-corrected chi connectivity index (χ3v) is 4.10. The Morgan fingerprint density at radius 2 is 1.88 bits per heavy atom. The molecule has 0 saturated carbocycles. The van der Waals surface area contributed by atoms with Crippen molar-refractivity contribution in [1.82, 2.24) is 4.90 Å². The Hall–Kier alpha value is -2.93. The number of aryl methyl sites for hydroxylation is 2. The number of nitrogens with zero attached hydrogens (tertiary/aromatic N) is 2. The van der Waals surface area contributed by atoms with Gasteiger partial charge in [-0.15, -0.1) is 0 Å². The molecule has 0 aliphatic rings. The highest BCUT2D eigenvalue weighted by Gasteiger charge is 2.20. The number of nitro groups is 1. The Morgan fingerprint density at radius 1 is 1.19 bits per heavy atom. The highest BCUT2D eigenvalue weighted by atomic mass is 35.5. The van der Waals surface area contributed by atoms with Gasteiger partial charge in [0.25, 0.3) is 11.6 Å². The Bertz CT molecular complexity index is 883. The number of halogens is 1. The maximum atomic E-state index is 12.4. The van der Waals surface area contributed by atoms with Crippen LogP contribution in [0.25, 0.3) is 0 Å². The minimum atomic E-state index is -0.660. The molecule has 2 rings (SSSR count). The number of carbonyl (C=O) groups excluding carboxylic acids is 2. The summed E-state index contributed by atoms with van der Waals surface area (Å²) in [5.41, 5.74) is 2.32. The number of amides is 2. The fourth-order valence-corrected chi connectivity index (χ4v) is 2.54. The van der Waals surface area contributed by atoms with Crippen molar-refractivity contribution in [2.24, 2.45) is 0 Å². The van der Waals surface area contributed by atoms with Crippen LogP contribution in [0.5, 0.6) is 0 Å². The van der Waals surface area contributed by atoms with Gasteiger partial charge in [0.05, 0.1) is 11.5 Å². The van der Waals surface area contributed by atoms with Crippen LogP contribution >= 0.6 is 11.6 Å². The summed E-state index contributed by atoms with van der Waals surface area (Å²) in [6.07, 6.45) is 0. The molecular formula is C18H18ClN3O4. The molecule has 2 aromatic carbocycles. The van der Waals surface area contributed by atoms with Gasteiger partial charge in [0.1, 0.15) is 5.02 Å². The van der Waals surface area contributed by atoms with Crippen LogP contribution in [-0.4, -0.2) is 35.2 Å². The van der Waals surface area contributed by atoms with Crippen molar-refractivity contribution >= 4 is 34.8 Å². The average molecular weight is 376 g/mol. The number of hydrogen-bond acceptors (Lipinski definition) is 4. The predicted molar refractivity (Wildman–Crippen MR) is 99.6 cm³/mol. The van der Waals surface area contributed by atoms with E-state index in [1.54, 1.807) is 0 Å². The molecule has 0 spiro atoms. The third kappa shape index (κ3) is 4.58. The minimum absolute atomic E-state index is 0.0538. The fourth-order valence-electron chi connectivity index (χ4n) is 2.35. The van der Waals surface area contributed by atoms with Crippen LogP contribution in [0.1, 0.15) is 21.5 Å². The second-order valence-electron chi connectivity index (χ2n) is 5.95. The molecule has 0 atom stereocenters. The Balaban J connectivity index is 2.09. The molecule has 0 fully saturated rings.